The number of thioether (sulfide) groups is 2. The number of rotatable bonds is 13. The van der Waals surface area contributed by atoms with Gasteiger partial charge in [0, 0.05) is 6.54 Å². The SMILES string of the molecule is CCOC(=O)C(CCc1ccccc1)N[C@@H](C)C(=O)N1CC(SCC)(SCC)CC[C@H]1C(=O)O. The second-order valence-corrected chi connectivity index (χ2v) is 11.9. The van der Waals surface area contributed by atoms with Crippen LogP contribution < -0.4 is 5.32 Å². The summed E-state index contributed by atoms with van der Waals surface area (Å²) >= 11 is 3.57. The van der Waals surface area contributed by atoms with Crippen LogP contribution in [0, 0.1) is 0 Å². The fraction of sp³-hybridized carbons (Fsp3) is 0.640. The number of piperidine rings is 1. The summed E-state index contributed by atoms with van der Waals surface area (Å²) in [5.74, 6) is 0.113. The molecular formula is C25H38N2O5S2. The van der Waals surface area contributed by atoms with Gasteiger partial charge in [-0.2, -0.15) is 0 Å². The Kier molecular flexibility index (Phi) is 11.7. The summed E-state index contributed by atoms with van der Waals surface area (Å²) in [4.78, 5) is 39.7. The molecule has 1 fully saturated rings. The number of esters is 1. The molecule has 0 bridgehead atoms. The highest BCUT2D eigenvalue weighted by Gasteiger charge is 2.45. The molecule has 3 atom stereocenters. The molecule has 1 amide bonds. The number of ether oxygens (including phenoxy) is 1. The van der Waals surface area contributed by atoms with Gasteiger partial charge in [0.2, 0.25) is 5.91 Å². The van der Waals surface area contributed by atoms with E-state index in [0.717, 1.165) is 23.5 Å². The maximum atomic E-state index is 13.5. The quantitative estimate of drug-likeness (QED) is 0.306. The van der Waals surface area contributed by atoms with Gasteiger partial charge in [-0.25, -0.2) is 4.79 Å². The molecule has 2 N–H and O–H groups in total. The van der Waals surface area contributed by atoms with Crippen molar-refractivity contribution in [1.82, 2.24) is 10.2 Å². The molecule has 1 saturated heterocycles. The largest absolute Gasteiger partial charge is 0.480 e. The first-order valence-corrected chi connectivity index (χ1v) is 14.0. The molecule has 9 heteroatoms. The number of nitrogens with one attached hydrogen (secondary N) is 1. The van der Waals surface area contributed by atoms with Crippen LogP contribution in [0.4, 0.5) is 0 Å². The summed E-state index contributed by atoms with van der Waals surface area (Å²) in [5, 5.41) is 13.0. The third kappa shape index (κ3) is 7.92. The average Bonchev–Trinajstić information content (AvgIpc) is 2.82. The van der Waals surface area contributed by atoms with E-state index in [9.17, 15) is 19.5 Å². The molecule has 1 aliphatic heterocycles. The van der Waals surface area contributed by atoms with Gasteiger partial charge in [-0.05, 0) is 56.6 Å². The van der Waals surface area contributed by atoms with E-state index in [0.29, 0.717) is 25.8 Å². The topological polar surface area (TPSA) is 95.9 Å². The summed E-state index contributed by atoms with van der Waals surface area (Å²) in [7, 11) is 0. The van der Waals surface area contributed by atoms with Crippen LogP contribution >= 0.6 is 23.5 Å². The number of carboxylic acid groups (broad SMARTS) is 1. The van der Waals surface area contributed by atoms with Crippen LogP contribution in [-0.2, 0) is 25.5 Å². The number of carbonyl (C=O) groups is 3. The first-order chi connectivity index (χ1) is 16.3. The molecule has 0 aromatic heterocycles. The number of aliphatic carboxylic acids is 1. The molecule has 34 heavy (non-hydrogen) atoms. The van der Waals surface area contributed by atoms with Gasteiger partial charge in [-0.1, -0.05) is 44.2 Å². The molecule has 1 aliphatic rings. The van der Waals surface area contributed by atoms with E-state index >= 15 is 0 Å². The van der Waals surface area contributed by atoms with Crippen molar-refractivity contribution in [2.75, 3.05) is 24.7 Å². The van der Waals surface area contributed by atoms with Crippen LogP contribution in [0.3, 0.4) is 0 Å². The molecule has 0 radical (unpaired) electrons. The van der Waals surface area contributed by atoms with Gasteiger partial charge in [0.25, 0.3) is 0 Å². The molecule has 190 valence electrons. The lowest BCUT2D eigenvalue weighted by atomic mass is 9.99. The molecule has 1 heterocycles. The second kappa shape index (κ2) is 14.0. The van der Waals surface area contributed by atoms with Gasteiger partial charge in [-0.3, -0.25) is 14.9 Å². The molecule has 2 rings (SSSR count). The maximum Gasteiger partial charge on any atom is 0.326 e. The highest BCUT2D eigenvalue weighted by molar-refractivity contribution is 8.18. The Labute approximate surface area is 211 Å². The van der Waals surface area contributed by atoms with Crippen LogP contribution in [0.15, 0.2) is 30.3 Å². The first kappa shape index (κ1) is 28.5. The number of likely N-dealkylation sites (tertiary alicyclic amines) is 1. The molecule has 1 aromatic rings. The summed E-state index contributed by atoms with van der Waals surface area (Å²) in [6, 6.07) is 7.60. The van der Waals surface area contributed by atoms with Crippen molar-refractivity contribution in [1.29, 1.82) is 0 Å². The van der Waals surface area contributed by atoms with Crippen LogP contribution in [-0.4, -0.2) is 74.7 Å². The van der Waals surface area contributed by atoms with E-state index in [2.05, 4.69) is 19.2 Å². The number of benzene rings is 1. The Morgan fingerprint density at radius 1 is 1.18 bits per heavy atom. The number of hydrogen-bond donors (Lipinski definition) is 2. The van der Waals surface area contributed by atoms with Gasteiger partial charge >= 0.3 is 11.9 Å². The second-order valence-electron chi connectivity index (χ2n) is 8.35. The smallest absolute Gasteiger partial charge is 0.326 e. The fourth-order valence-corrected chi connectivity index (χ4v) is 7.42. The number of nitrogens with zero attached hydrogens (tertiary/aromatic N) is 1. The van der Waals surface area contributed by atoms with Crippen LogP contribution in [0.25, 0.3) is 0 Å². The zero-order valence-electron chi connectivity index (χ0n) is 20.6. The number of carboxylic acids is 1. The highest BCUT2D eigenvalue weighted by atomic mass is 32.2. The lowest BCUT2D eigenvalue weighted by molar-refractivity contribution is -0.153. The van der Waals surface area contributed by atoms with E-state index < -0.39 is 30.1 Å². The van der Waals surface area contributed by atoms with Crippen LogP contribution in [0.2, 0.25) is 0 Å². The minimum Gasteiger partial charge on any atom is -0.480 e. The lowest BCUT2D eigenvalue weighted by Crippen LogP contribution is -2.60. The Morgan fingerprint density at radius 3 is 2.38 bits per heavy atom. The maximum absolute atomic E-state index is 13.5. The fourth-order valence-electron chi connectivity index (χ4n) is 4.34. The predicted molar refractivity (Wildman–Crippen MR) is 139 cm³/mol. The van der Waals surface area contributed by atoms with Gasteiger partial charge in [0.15, 0.2) is 0 Å². The van der Waals surface area contributed by atoms with Gasteiger partial charge in [0.05, 0.1) is 16.7 Å². The van der Waals surface area contributed by atoms with Gasteiger partial charge < -0.3 is 14.7 Å². The Hall–Kier alpha value is -1.71. The number of amides is 1. The number of aryl methyl sites for hydroxylation is 1. The Balaban J connectivity index is 2.17. The number of hydrogen-bond acceptors (Lipinski definition) is 7. The van der Waals surface area contributed by atoms with E-state index in [1.54, 1.807) is 37.4 Å². The van der Waals surface area contributed by atoms with Gasteiger partial charge in [-0.15, -0.1) is 23.5 Å². The normalized spacial score (nSPS) is 19.3. The summed E-state index contributed by atoms with van der Waals surface area (Å²) in [6.07, 6.45) is 2.30. The van der Waals surface area contributed by atoms with E-state index in [-0.39, 0.29) is 16.6 Å². The van der Waals surface area contributed by atoms with Crippen molar-refractivity contribution < 1.29 is 24.2 Å². The number of carbonyl (C=O) groups excluding carboxylic acids is 2. The molecule has 0 spiro atoms. The highest BCUT2D eigenvalue weighted by Crippen LogP contribution is 2.45. The van der Waals surface area contributed by atoms with Crippen molar-refractivity contribution in [2.45, 2.75) is 75.6 Å². The van der Waals surface area contributed by atoms with Crippen molar-refractivity contribution in [3.05, 3.63) is 35.9 Å². The summed E-state index contributed by atoms with van der Waals surface area (Å²) < 4.78 is 5.04. The average molecular weight is 511 g/mol. The summed E-state index contributed by atoms with van der Waals surface area (Å²) in [6.45, 7) is 8.25. The standard InChI is InChI=1S/C25H38N2O5S2/c1-5-32-24(31)20(14-13-19-11-9-8-10-12-19)26-18(4)22(28)27-17-25(33-6-2,34-7-3)16-15-21(27)23(29)30/h8-12,18,20-21,26H,5-7,13-17H2,1-4H3,(H,29,30)/t18-,20?,21-/m0/s1. The first-order valence-electron chi connectivity index (χ1n) is 12.0. The van der Waals surface area contributed by atoms with Crippen molar-refractivity contribution in [3.8, 4) is 0 Å². The molecule has 1 aromatic carbocycles. The molecule has 7 nitrogen and oxygen atoms in total. The Bertz CT molecular complexity index is 802. The zero-order chi connectivity index (χ0) is 25.1. The molecule has 0 saturated carbocycles. The van der Waals surface area contributed by atoms with Crippen LogP contribution in [0.1, 0.15) is 52.5 Å². The molecule has 0 aliphatic carbocycles. The molecule has 1 unspecified atom stereocenters. The van der Waals surface area contributed by atoms with Crippen molar-refractivity contribution >= 4 is 41.4 Å². The van der Waals surface area contributed by atoms with Gasteiger partial charge in [0.1, 0.15) is 12.1 Å². The summed E-state index contributed by atoms with van der Waals surface area (Å²) in [5.41, 5.74) is 1.09. The third-order valence-corrected chi connectivity index (χ3v) is 8.93. The monoisotopic (exact) mass is 510 g/mol. The molecular weight excluding hydrogens is 472 g/mol. The Morgan fingerprint density at radius 2 is 1.82 bits per heavy atom. The van der Waals surface area contributed by atoms with E-state index in [4.69, 9.17) is 4.74 Å². The van der Waals surface area contributed by atoms with Crippen molar-refractivity contribution in [3.63, 3.8) is 0 Å². The lowest BCUT2D eigenvalue weighted by Gasteiger charge is -2.45. The van der Waals surface area contributed by atoms with Crippen molar-refractivity contribution in [2.24, 2.45) is 0 Å². The minimum atomic E-state index is -0.983. The van der Waals surface area contributed by atoms with E-state index in [1.807, 2.05) is 30.3 Å². The minimum absolute atomic E-state index is 0.210. The zero-order valence-corrected chi connectivity index (χ0v) is 22.3. The third-order valence-electron chi connectivity index (χ3n) is 5.93. The van der Waals surface area contributed by atoms with Crippen LogP contribution in [0.5, 0.6) is 0 Å². The predicted octanol–water partition coefficient (Wildman–Crippen LogP) is 3.81. The van der Waals surface area contributed by atoms with E-state index in [1.165, 1.54) is 4.90 Å².